The topological polar surface area (TPSA) is 112 Å². The molecule has 1 unspecified atom stereocenters. The summed E-state index contributed by atoms with van der Waals surface area (Å²) in [6.45, 7) is 4.15. The van der Waals surface area contributed by atoms with E-state index in [0.717, 1.165) is 17.8 Å². The van der Waals surface area contributed by atoms with E-state index in [-0.39, 0.29) is 27.2 Å². The number of thioether (sulfide) groups is 1. The maximum atomic E-state index is 13.3. The average Bonchev–Trinajstić information content (AvgIpc) is 3.18. The van der Waals surface area contributed by atoms with Crippen LogP contribution in [0.2, 0.25) is 10.0 Å². The highest BCUT2D eigenvalue weighted by Gasteiger charge is 2.21. The van der Waals surface area contributed by atoms with E-state index < -0.39 is 22.8 Å². The molecular weight excluding hydrogens is 496 g/mol. The second-order valence-corrected chi connectivity index (χ2v) is 8.43. The highest BCUT2D eigenvalue weighted by atomic mass is 35.5. The van der Waals surface area contributed by atoms with E-state index in [1.165, 1.54) is 30.3 Å². The van der Waals surface area contributed by atoms with Crippen LogP contribution in [0.15, 0.2) is 41.6 Å². The van der Waals surface area contributed by atoms with Crippen LogP contribution in [0.5, 0.6) is 5.75 Å². The number of rotatable bonds is 9. The smallest absolute Gasteiger partial charge is 0.271 e. The summed E-state index contributed by atoms with van der Waals surface area (Å²) in [6, 6.07) is 7.61. The number of hydrogen-bond donors (Lipinski definition) is 1. The number of aromatic nitrogens is 3. The van der Waals surface area contributed by atoms with Crippen molar-refractivity contribution >= 4 is 52.2 Å². The number of amides is 1. The molecule has 2 aromatic carbocycles. The summed E-state index contributed by atoms with van der Waals surface area (Å²) in [5.41, 5.74) is -0.0414. The van der Waals surface area contributed by atoms with Crippen molar-refractivity contribution < 1.29 is 18.8 Å². The van der Waals surface area contributed by atoms with Crippen LogP contribution in [-0.4, -0.2) is 31.3 Å². The largest absolute Gasteiger partial charge is 0.481 e. The first-order chi connectivity index (χ1) is 15.7. The van der Waals surface area contributed by atoms with Crippen LogP contribution in [0, 0.1) is 15.9 Å². The van der Waals surface area contributed by atoms with E-state index in [2.05, 4.69) is 15.5 Å². The number of halogens is 3. The Morgan fingerprint density at radius 3 is 2.70 bits per heavy atom. The Morgan fingerprint density at radius 2 is 2.03 bits per heavy atom. The maximum Gasteiger partial charge on any atom is 0.271 e. The fraction of sp³-hybridized carbons (Fsp3) is 0.250. The molecule has 0 bridgehead atoms. The molecule has 1 atom stereocenters. The molecule has 0 aliphatic carbocycles. The second kappa shape index (κ2) is 10.8. The predicted octanol–water partition coefficient (Wildman–Crippen LogP) is 5.52. The quantitative estimate of drug-likeness (QED) is 0.227. The molecule has 0 saturated heterocycles. The molecule has 3 rings (SSSR count). The minimum absolute atomic E-state index is 0.0316. The van der Waals surface area contributed by atoms with E-state index in [9.17, 15) is 19.3 Å². The van der Waals surface area contributed by atoms with Gasteiger partial charge in [0.2, 0.25) is 5.91 Å². The van der Waals surface area contributed by atoms with Crippen LogP contribution in [-0.2, 0) is 11.3 Å². The molecule has 174 valence electrons. The van der Waals surface area contributed by atoms with Crippen LogP contribution in [0.3, 0.4) is 0 Å². The van der Waals surface area contributed by atoms with Gasteiger partial charge in [-0.2, -0.15) is 0 Å². The fourth-order valence-electron chi connectivity index (χ4n) is 2.86. The summed E-state index contributed by atoms with van der Waals surface area (Å²) in [6.07, 6.45) is -0.549. The zero-order valence-corrected chi connectivity index (χ0v) is 19.7. The lowest BCUT2D eigenvalue weighted by Crippen LogP contribution is -2.16. The molecule has 1 N–H and O–H groups in total. The first-order valence-corrected chi connectivity index (χ1v) is 11.3. The van der Waals surface area contributed by atoms with Crippen molar-refractivity contribution in [1.29, 1.82) is 0 Å². The highest BCUT2D eigenvalue weighted by molar-refractivity contribution is 7.99. The summed E-state index contributed by atoms with van der Waals surface area (Å²) >= 11 is 13.2. The Kier molecular flexibility index (Phi) is 8.11. The molecule has 0 aliphatic rings. The number of nitrogens with zero attached hydrogens (tertiary/aromatic N) is 4. The lowest BCUT2D eigenvalue weighted by Gasteiger charge is -2.16. The van der Waals surface area contributed by atoms with Gasteiger partial charge in [0.05, 0.1) is 26.4 Å². The summed E-state index contributed by atoms with van der Waals surface area (Å²) in [5, 5.41) is 22.6. The van der Waals surface area contributed by atoms with Gasteiger partial charge in [0.1, 0.15) is 11.6 Å². The lowest BCUT2D eigenvalue weighted by molar-refractivity contribution is -0.384. The number of hydrogen-bond acceptors (Lipinski definition) is 7. The van der Waals surface area contributed by atoms with Crippen LogP contribution >= 0.6 is 35.0 Å². The van der Waals surface area contributed by atoms with Crippen molar-refractivity contribution in [2.75, 3.05) is 11.1 Å². The van der Waals surface area contributed by atoms with Gasteiger partial charge in [-0.05, 0) is 38.1 Å². The van der Waals surface area contributed by atoms with E-state index in [1.807, 2.05) is 6.92 Å². The van der Waals surface area contributed by atoms with Crippen molar-refractivity contribution in [3.8, 4) is 5.75 Å². The molecule has 1 aromatic heterocycles. The van der Waals surface area contributed by atoms with E-state index in [0.29, 0.717) is 23.3 Å². The number of non-ortho nitro benzene ring substituents is 1. The predicted molar refractivity (Wildman–Crippen MR) is 124 cm³/mol. The zero-order valence-electron chi connectivity index (χ0n) is 17.4. The van der Waals surface area contributed by atoms with Gasteiger partial charge in [-0.25, -0.2) is 4.39 Å². The summed E-state index contributed by atoms with van der Waals surface area (Å²) in [5.74, 6) is -0.117. The Morgan fingerprint density at radius 1 is 1.27 bits per heavy atom. The Balaban J connectivity index is 1.67. The number of ether oxygens (including phenoxy) is 1. The van der Waals surface area contributed by atoms with Crippen molar-refractivity contribution in [3.05, 3.63) is 68.2 Å². The van der Waals surface area contributed by atoms with Crippen molar-refractivity contribution in [2.45, 2.75) is 31.7 Å². The van der Waals surface area contributed by atoms with Crippen LogP contribution in [0.25, 0.3) is 0 Å². The first kappa shape index (κ1) is 24.7. The number of carbonyl (C=O) groups is 1. The third kappa shape index (κ3) is 6.12. The number of benzene rings is 2. The Hall–Kier alpha value is -2.89. The molecule has 13 heteroatoms. The Labute approximate surface area is 202 Å². The molecule has 9 nitrogen and oxygen atoms in total. The number of nitrogens with one attached hydrogen (secondary N) is 1. The summed E-state index contributed by atoms with van der Waals surface area (Å²) in [7, 11) is 0. The normalized spacial score (nSPS) is 11.8. The number of carbonyl (C=O) groups excluding carboxylic acids is 1. The molecular formula is C20H18Cl2FN5O4S. The van der Waals surface area contributed by atoms with Crippen LogP contribution in [0.4, 0.5) is 15.8 Å². The molecule has 1 heterocycles. The van der Waals surface area contributed by atoms with E-state index >= 15 is 0 Å². The van der Waals surface area contributed by atoms with Crippen LogP contribution < -0.4 is 10.1 Å². The third-order valence-corrected chi connectivity index (χ3v) is 5.98. The molecule has 0 fully saturated rings. The minimum atomic E-state index is -0.575. The van der Waals surface area contributed by atoms with Gasteiger partial charge >= 0.3 is 0 Å². The number of nitro groups is 1. The molecule has 0 radical (unpaired) electrons. The molecule has 33 heavy (non-hydrogen) atoms. The molecule has 0 saturated carbocycles. The van der Waals surface area contributed by atoms with Gasteiger partial charge in [0.25, 0.3) is 5.69 Å². The van der Waals surface area contributed by atoms with Gasteiger partial charge in [-0.1, -0.05) is 35.0 Å². The van der Waals surface area contributed by atoms with Gasteiger partial charge < -0.3 is 14.6 Å². The summed E-state index contributed by atoms with van der Waals surface area (Å²) < 4.78 is 20.8. The van der Waals surface area contributed by atoms with Gasteiger partial charge in [0.15, 0.2) is 17.1 Å². The standard InChI is InChI=1S/C20H18Cl2FN5O4S/c1-3-27-19(11(2)32-17-7-4-12(23)8-15(17)22)25-26-20(27)33-10-18(29)24-16-9-13(28(30)31)5-6-14(16)21/h4-9,11H,3,10H2,1-2H3,(H,24,29). The van der Waals surface area contributed by atoms with Gasteiger partial charge in [-0.3, -0.25) is 14.9 Å². The van der Waals surface area contributed by atoms with Crippen LogP contribution in [0.1, 0.15) is 25.8 Å². The molecule has 0 spiro atoms. The zero-order chi connectivity index (χ0) is 24.1. The Bertz CT molecular complexity index is 1190. The van der Waals surface area contributed by atoms with E-state index in [1.54, 1.807) is 11.5 Å². The molecule has 0 aliphatic heterocycles. The first-order valence-electron chi connectivity index (χ1n) is 9.61. The summed E-state index contributed by atoms with van der Waals surface area (Å²) in [4.78, 5) is 22.7. The van der Waals surface area contributed by atoms with Gasteiger partial charge in [0, 0.05) is 18.7 Å². The SMILES string of the molecule is CCn1c(SCC(=O)Nc2cc([N+](=O)[O-])ccc2Cl)nnc1C(C)Oc1ccc(F)cc1Cl. The molecule has 1 amide bonds. The third-order valence-electron chi connectivity index (χ3n) is 4.39. The maximum absolute atomic E-state index is 13.3. The highest BCUT2D eigenvalue weighted by Crippen LogP contribution is 2.31. The van der Waals surface area contributed by atoms with Crippen molar-refractivity contribution in [1.82, 2.24) is 14.8 Å². The monoisotopic (exact) mass is 513 g/mol. The van der Waals surface area contributed by atoms with Crippen molar-refractivity contribution in [3.63, 3.8) is 0 Å². The fourth-order valence-corrected chi connectivity index (χ4v) is 4.04. The van der Waals surface area contributed by atoms with Gasteiger partial charge in [-0.15, -0.1) is 10.2 Å². The molecule has 3 aromatic rings. The number of anilines is 1. The minimum Gasteiger partial charge on any atom is -0.481 e. The van der Waals surface area contributed by atoms with Crippen molar-refractivity contribution in [2.24, 2.45) is 0 Å². The average molecular weight is 514 g/mol. The van der Waals surface area contributed by atoms with E-state index in [4.69, 9.17) is 27.9 Å². The number of nitro benzene ring substituents is 1. The second-order valence-electron chi connectivity index (χ2n) is 6.68. The lowest BCUT2D eigenvalue weighted by atomic mass is 10.3.